The van der Waals surface area contributed by atoms with Gasteiger partial charge in [0.05, 0.1) is 0 Å². The summed E-state index contributed by atoms with van der Waals surface area (Å²) in [5.74, 6) is 2.92. The van der Waals surface area contributed by atoms with E-state index in [1.54, 1.807) is 0 Å². The number of benzene rings is 1. The molecule has 1 saturated heterocycles. The van der Waals surface area contributed by atoms with Gasteiger partial charge < -0.3 is 4.90 Å². The first-order valence-electron chi connectivity index (χ1n) is 8.88. The van der Waals surface area contributed by atoms with Crippen molar-refractivity contribution in [3.8, 4) is 0 Å². The summed E-state index contributed by atoms with van der Waals surface area (Å²) in [5, 5.41) is 0. The van der Waals surface area contributed by atoms with E-state index < -0.39 is 0 Å². The minimum atomic E-state index is 0.798. The van der Waals surface area contributed by atoms with E-state index in [9.17, 15) is 0 Å². The maximum atomic E-state index is 4.77. The van der Waals surface area contributed by atoms with Crippen molar-refractivity contribution in [2.24, 2.45) is 5.92 Å². The third kappa shape index (κ3) is 4.31. The van der Waals surface area contributed by atoms with Crippen LogP contribution in [0.3, 0.4) is 0 Å². The first-order chi connectivity index (χ1) is 11.2. The van der Waals surface area contributed by atoms with Crippen LogP contribution in [0.5, 0.6) is 0 Å². The summed E-state index contributed by atoms with van der Waals surface area (Å²) in [6, 6.07) is 13.0. The minimum Gasteiger partial charge on any atom is -0.356 e. The summed E-state index contributed by atoms with van der Waals surface area (Å²) in [6.45, 7) is 6.48. The predicted octanol–water partition coefficient (Wildman–Crippen LogP) is 4.20. The molecule has 0 bridgehead atoms. The molecule has 0 aliphatic carbocycles. The largest absolute Gasteiger partial charge is 0.356 e. The van der Waals surface area contributed by atoms with Gasteiger partial charge in [-0.15, -0.1) is 0 Å². The molecular formula is C20H27N3. The van der Waals surface area contributed by atoms with Crippen molar-refractivity contribution in [1.82, 2.24) is 9.97 Å². The fourth-order valence-electron chi connectivity index (χ4n) is 3.42. The Bertz CT molecular complexity index is 616. The van der Waals surface area contributed by atoms with Gasteiger partial charge in [-0.3, -0.25) is 0 Å². The van der Waals surface area contributed by atoms with Gasteiger partial charge in [0.1, 0.15) is 11.6 Å². The van der Waals surface area contributed by atoms with Gasteiger partial charge >= 0.3 is 0 Å². The number of nitrogens with zero attached hydrogens (tertiary/aromatic N) is 3. The lowest BCUT2D eigenvalue weighted by molar-refractivity contribution is 0.402. The number of piperidine rings is 1. The quantitative estimate of drug-likeness (QED) is 0.829. The molecule has 3 rings (SSSR count). The van der Waals surface area contributed by atoms with Crippen molar-refractivity contribution in [2.75, 3.05) is 18.0 Å². The molecule has 1 aliphatic rings. The smallest absolute Gasteiger partial charge is 0.132 e. The van der Waals surface area contributed by atoms with Gasteiger partial charge in [0.15, 0.2) is 0 Å². The van der Waals surface area contributed by atoms with Gasteiger partial charge in [0, 0.05) is 31.3 Å². The average Bonchev–Trinajstić information content (AvgIpc) is 2.56. The molecule has 1 fully saturated rings. The highest BCUT2D eigenvalue weighted by Crippen LogP contribution is 2.25. The highest BCUT2D eigenvalue weighted by molar-refractivity contribution is 5.40. The normalized spacial score (nSPS) is 15.8. The van der Waals surface area contributed by atoms with E-state index in [1.165, 1.54) is 24.8 Å². The molecule has 0 atom stereocenters. The van der Waals surface area contributed by atoms with E-state index in [2.05, 4.69) is 60.1 Å². The lowest BCUT2D eigenvalue weighted by Crippen LogP contribution is -2.35. The molecule has 0 spiro atoms. The molecule has 23 heavy (non-hydrogen) atoms. The SMILES string of the molecule is CCCc1nc(C)cc(N2CCC(Cc3ccccc3)CC2)n1. The Morgan fingerprint density at radius 1 is 1.09 bits per heavy atom. The molecule has 0 saturated carbocycles. The van der Waals surface area contributed by atoms with Gasteiger partial charge in [-0.1, -0.05) is 37.3 Å². The van der Waals surface area contributed by atoms with Crippen LogP contribution < -0.4 is 4.90 Å². The number of rotatable bonds is 5. The van der Waals surface area contributed by atoms with Crippen molar-refractivity contribution < 1.29 is 0 Å². The van der Waals surface area contributed by atoms with Crippen molar-refractivity contribution in [2.45, 2.75) is 46.0 Å². The summed E-state index contributed by atoms with van der Waals surface area (Å²) >= 11 is 0. The predicted molar refractivity (Wildman–Crippen MR) is 95.8 cm³/mol. The third-order valence-electron chi connectivity index (χ3n) is 4.67. The Morgan fingerprint density at radius 3 is 2.52 bits per heavy atom. The van der Waals surface area contributed by atoms with Crippen molar-refractivity contribution in [3.63, 3.8) is 0 Å². The molecule has 0 amide bonds. The molecule has 1 aromatic carbocycles. The Balaban J connectivity index is 1.60. The first-order valence-corrected chi connectivity index (χ1v) is 8.88. The van der Waals surface area contributed by atoms with Crippen LogP contribution >= 0.6 is 0 Å². The summed E-state index contributed by atoms with van der Waals surface area (Å²) in [7, 11) is 0. The second-order valence-corrected chi connectivity index (χ2v) is 6.65. The fourth-order valence-corrected chi connectivity index (χ4v) is 3.42. The molecule has 2 aromatic rings. The Labute approximate surface area is 139 Å². The van der Waals surface area contributed by atoms with Gasteiger partial charge in [-0.25, -0.2) is 9.97 Å². The van der Waals surface area contributed by atoms with Gasteiger partial charge in [0.25, 0.3) is 0 Å². The summed E-state index contributed by atoms with van der Waals surface area (Å²) in [6.07, 6.45) is 5.78. The number of hydrogen-bond acceptors (Lipinski definition) is 3. The molecule has 122 valence electrons. The van der Waals surface area contributed by atoms with Gasteiger partial charge in [-0.05, 0) is 44.1 Å². The Hall–Kier alpha value is -1.90. The average molecular weight is 309 g/mol. The van der Waals surface area contributed by atoms with Crippen LogP contribution in [0.25, 0.3) is 0 Å². The highest BCUT2D eigenvalue weighted by Gasteiger charge is 2.21. The van der Waals surface area contributed by atoms with Crippen LogP contribution in [-0.2, 0) is 12.8 Å². The first kappa shape index (κ1) is 16.0. The highest BCUT2D eigenvalue weighted by atomic mass is 15.2. The van der Waals surface area contributed by atoms with Crippen molar-refractivity contribution >= 4 is 5.82 Å². The maximum absolute atomic E-state index is 4.77. The molecule has 3 nitrogen and oxygen atoms in total. The van der Waals surface area contributed by atoms with E-state index in [1.807, 2.05) is 0 Å². The second kappa shape index (κ2) is 7.58. The van der Waals surface area contributed by atoms with Crippen molar-refractivity contribution in [1.29, 1.82) is 0 Å². The monoisotopic (exact) mass is 309 g/mol. The van der Waals surface area contributed by atoms with Crippen LogP contribution in [0.15, 0.2) is 36.4 Å². The Kier molecular flexibility index (Phi) is 5.27. The number of hydrogen-bond donors (Lipinski definition) is 0. The summed E-state index contributed by atoms with van der Waals surface area (Å²) < 4.78 is 0. The number of aromatic nitrogens is 2. The summed E-state index contributed by atoms with van der Waals surface area (Å²) in [4.78, 5) is 11.8. The zero-order valence-corrected chi connectivity index (χ0v) is 14.3. The second-order valence-electron chi connectivity index (χ2n) is 6.65. The van der Waals surface area contributed by atoms with Crippen LogP contribution in [0.1, 0.15) is 43.3 Å². The van der Waals surface area contributed by atoms with Crippen LogP contribution in [-0.4, -0.2) is 23.1 Å². The lowest BCUT2D eigenvalue weighted by atomic mass is 9.90. The summed E-state index contributed by atoms with van der Waals surface area (Å²) in [5.41, 5.74) is 2.55. The molecular weight excluding hydrogens is 282 g/mol. The van der Waals surface area contributed by atoms with E-state index in [-0.39, 0.29) is 0 Å². The maximum Gasteiger partial charge on any atom is 0.132 e. The zero-order valence-electron chi connectivity index (χ0n) is 14.3. The molecule has 3 heteroatoms. The van der Waals surface area contributed by atoms with Crippen LogP contribution in [0, 0.1) is 12.8 Å². The lowest BCUT2D eigenvalue weighted by Gasteiger charge is -2.33. The number of anilines is 1. The third-order valence-corrected chi connectivity index (χ3v) is 4.67. The minimum absolute atomic E-state index is 0.798. The van der Waals surface area contributed by atoms with Gasteiger partial charge in [-0.2, -0.15) is 0 Å². The van der Waals surface area contributed by atoms with E-state index in [0.29, 0.717) is 0 Å². The molecule has 0 N–H and O–H groups in total. The standard InChI is InChI=1S/C20H27N3/c1-3-7-19-21-16(2)14-20(22-19)23-12-10-18(11-13-23)15-17-8-5-4-6-9-17/h4-6,8-9,14,18H,3,7,10-13,15H2,1-2H3. The zero-order chi connectivity index (χ0) is 16.1. The molecule has 1 aliphatic heterocycles. The topological polar surface area (TPSA) is 29.0 Å². The van der Waals surface area contributed by atoms with Crippen LogP contribution in [0.4, 0.5) is 5.82 Å². The molecule has 2 heterocycles. The Morgan fingerprint density at radius 2 is 1.83 bits per heavy atom. The van der Waals surface area contributed by atoms with Gasteiger partial charge in [0.2, 0.25) is 0 Å². The number of aryl methyl sites for hydroxylation is 2. The molecule has 0 unspecified atom stereocenters. The molecule has 1 aromatic heterocycles. The molecule has 0 radical (unpaired) electrons. The van der Waals surface area contributed by atoms with E-state index in [0.717, 1.165) is 49.2 Å². The van der Waals surface area contributed by atoms with E-state index in [4.69, 9.17) is 4.98 Å². The van der Waals surface area contributed by atoms with Crippen LogP contribution in [0.2, 0.25) is 0 Å². The fraction of sp³-hybridized carbons (Fsp3) is 0.500. The van der Waals surface area contributed by atoms with E-state index >= 15 is 0 Å². The van der Waals surface area contributed by atoms with Crippen molar-refractivity contribution in [3.05, 3.63) is 53.5 Å².